The van der Waals surface area contributed by atoms with Crippen molar-refractivity contribution in [2.75, 3.05) is 26.2 Å². The van der Waals surface area contributed by atoms with E-state index in [9.17, 15) is 0 Å². The molecule has 3 heterocycles. The molecule has 1 spiro atoms. The molecule has 1 aromatic heterocycles. The van der Waals surface area contributed by atoms with Crippen LogP contribution in [-0.4, -0.2) is 31.1 Å². The fourth-order valence-electron chi connectivity index (χ4n) is 3.17. The van der Waals surface area contributed by atoms with Crippen molar-refractivity contribution >= 4 is 11.3 Å². The number of piperidine rings is 1. The van der Waals surface area contributed by atoms with Crippen molar-refractivity contribution in [2.45, 2.75) is 31.7 Å². The van der Waals surface area contributed by atoms with Gasteiger partial charge >= 0.3 is 0 Å². The smallest absolute Gasteiger partial charge is 0.0470 e. The fraction of sp³-hybridized carbons (Fsp3) is 0.692. The molecule has 0 radical (unpaired) electrons. The van der Waals surface area contributed by atoms with Crippen molar-refractivity contribution in [3.63, 3.8) is 0 Å². The van der Waals surface area contributed by atoms with Crippen LogP contribution in [0.2, 0.25) is 0 Å². The average Bonchev–Trinajstić information content (AvgIpc) is 2.80. The molecular weight excluding hydrogens is 216 g/mol. The molecule has 0 amide bonds. The minimum atomic E-state index is 0.319. The van der Waals surface area contributed by atoms with Crippen LogP contribution in [0.1, 0.15) is 30.2 Å². The summed E-state index contributed by atoms with van der Waals surface area (Å²) in [5.74, 6) is 0. The lowest BCUT2D eigenvalue weighted by molar-refractivity contribution is 0.134. The van der Waals surface area contributed by atoms with Crippen LogP contribution >= 0.6 is 11.3 Å². The molecule has 0 aliphatic carbocycles. The Bertz CT molecular complexity index is 364. The summed E-state index contributed by atoms with van der Waals surface area (Å²) in [6.07, 6.45) is 3.79. The Hall–Kier alpha value is -0.380. The molecule has 1 N–H and O–H groups in total. The van der Waals surface area contributed by atoms with Gasteiger partial charge < -0.3 is 10.2 Å². The van der Waals surface area contributed by atoms with Crippen molar-refractivity contribution in [3.8, 4) is 0 Å². The van der Waals surface area contributed by atoms with Gasteiger partial charge in [0, 0.05) is 30.1 Å². The zero-order chi connectivity index (χ0) is 11.0. The van der Waals surface area contributed by atoms with Crippen LogP contribution < -0.4 is 5.32 Å². The normalized spacial score (nSPS) is 24.6. The summed E-state index contributed by atoms with van der Waals surface area (Å²) >= 11 is 1.95. The van der Waals surface area contributed by atoms with Gasteiger partial charge in [-0.05, 0) is 42.8 Å². The van der Waals surface area contributed by atoms with Gasteiger partial charge in [-0.2, -0.15) is 0 Å². The molecule has 1 aromatic rings. The van der Waals surface area contributed by atoms with E-state index >= 15 is 0 Å². The fourth-order valence-corrected chi connectivity index (χ4v) is 4.15. The van der Waals surface area contributed by atoms with Crippen LogP contribution in [0.15, 0.2) is 11.4 Å². The van der Waals surface area contributed by atoms with E-state index in [0.717, 1.165) is 0 Å². The van der Waals surface area contributed by atoms with Gasteiger partial charge in [0.2, 0.25) is 0 Å². The first-order valence-electron chi connectivity index (χ1n) is 6.38. The first-order chi connectivity index (χ1) is 7.84. The number of nitrogens with one attached hydrogen (secondary N) is 1. The highest BCUT2D eigenvalue weighted by Gasteiger charge is 2.39. The van der Waals surface area contributed by atoms with Crippen LogP contribution in [0.4, 0.5) is 0 Å². The first-order valence-corrected chi connectivity index (χ1v) is 7.26. The number of hydrogen-bond donors (Lipinski definition) is 1. The monoisotopic (exact) mass is 236 g/mol. The van der Waals surface area contributed by atoms with Gasteiger partial charge in [-0.1, -0.05) is 6.92 Å². The Balaban J connectivity index is 1.86. The van der Waals surface area contributed by atoms with Gasteiger partial charge in [0.15, 0.2) is 0 Å². The van der Waals surface area contributed by atoms with Crippen LogP contribution in [-0.2, 0) is 12.0 Å². The first kappa shape index (κ1) is 10.8. The molecule has 2 aliphatic heterocycles. The third-order valence-electron chi connectivity index (χ3n) is 4.23. The summed E-state index contributed by atoms with van der Waals surface area (Å²) in [4.78, 5) is 4.19. The van der Waals surface area contributed by atoms with E-state index in [1.165, 1.54) is 45.4 Å². The van der Waals surface area contributed by atoms with E-state index in [1.807, 2.05) is 11.3 Å². The van der Waals surface area contributed by atoms with Crippen molar-refractivity contribution in [1.82, 2.24) is 10.2 Å². The molecule has 3 heteroatoms. The summed E-state index contributed by atoms with van der Waals surface area (Å²) in [7, 11) is 0. The lowest BCUT2D eigenvalue weighted by atomic mass is 9.78. The highest BCUT2D eigenvalue weighted by Crippen LogP contribution is 2.39. The van der Waals surface area contributed by atoms with Crippen LogP contribution in [0.5, 0.6) is 0 Å². The second-order valence-electron chi connectivity index (χ2n) is 4.95. The summed E-state index contributed by atoms with van der Waals surface area (Å²) in [5.41, 5.74) is 1.93. The van der Waals surface area contributed by atoms with Gasteiger partial charge in [0.05, 0.1) is 0 Å². The predicted molar refractivity (Wildman–Crippen MR) is 69.1 cm³/mol. The maximum Gasteiger partial charge on any atom is 0.0470 e. The van der Waals surface area contributed by atoms with Crippen molar-refractivity contribution in [3.05, 3.63) is 21.9 Å². The van der Waals surface area contributed by atoms with E-state index in [-0.39, 0.29) is 0 Å². The summed E-state index contributed by atoms with van der Waals surface area (Å²) in [6.45, 7) is 7.13. The standard InChI is InChI=1S/C13H20N2S/c1-2-15-8-5-13(6-9-15)11-4-10-16-12(11)3-7-14-13/h4,10,14H,2-3,5-9H2,1H3. The zero-order valence-electron chi connectivity index (χ0n) is 9.96. The second kappa shape index (κ2) is 4.13. The number of fused-ring (bicyclic) bond motifs is 2. The van der Waals surface area contributed by atoms with E-state index in [2.05, 4.69) is 28.6 Å². The van der Waals surface area contributed by atoms with Crippen LogP contribution in [0, 0.1) is 0 Å². The van der Waals surface area contributed by atoms with Crippen molar-refractivity contribution < 1.29 is 0 Å². The Morgan fingerprint density at radius 1 is 1.44 bits per heavy atom. The molecule has 0 bridgehead atoms. The third kappa shape index (κ3) is 1.62. The van der Waals surface area contributed by atoms with E-state index < -0.39 is 0 Å². The van der Waals surface area contributed by atoms with E-state index in [0.29, 0.717) is 5.54 Å². The maximum atomic E-state index is 3.80. The van der Waals surface area contributed by atoms with Gasteiger partial charge in [0.1, 0.15) is 0 Å². The van der Waals surface area contributed by atoms with Gasteiger partial charge in [0.25, 0.3) is 0 Å². The SMILES string of the molecule is CCN1CCC2(CC1)NCCc1sccc12. The number of likely N-dealkylation sites (tertiary alicyclic amines) is 1. The number of rotatable bonds is 1. The molecule has 3 rings (SSSR count). The largest absolute Gasteiger partial charge is 0.307 e. The molecular formula is C13H20N2S. The molecule has 0 atom stereocenters. The summed E-state index contributed by atoms with van der Waals surface area (Å²) in [5, 5.41) is 6.07. The Kier molecular flexibility index (Phi) is 2.78. The highest BCUT2D eigenvalue weighted by atomic mass is 32.1. The number of nitrogens with zero attached hydrogens (tertiary/aromatic N) is 1. The zero-order valence-corrected chi connectivity index (χ0v) is 10.8. The quantitative estimate of drug-likeness (QED) is 0.804. The molecule has 0 saturated carbocycles. The minimum absolute atomic E-state index is 0.319. The minimum Gasteiger partial charge on any atom is -0.307 e. The summed E-state index contributed by atoms with van der Waals surface area (Å²) < 4.78 is 0. The van der Waals surface area contributed by atoms with E-state index in [1.54, 1.807) is 10.4 Å². The molecule has 1 saturated heterocycles. The third-order valence-corrected chi connectivity index (χ3v) is 5.21. The Morgan fingerprint density at radius 2 is 2.25 bits per heavy atom. The topological polar surface area (TPSA) is 15.3 Å². The molecule has 2 aliphatic rings. The number of thiophene rings is 1. The highest BCUT2D eigenvalue weighted by molar-refractivity contribution is 7.10. The van der Waals surface area contributed by atoms with Gasteiger partial charge in [-0.3, -0.25) is 0 Å². The average molecular weight is 236 g/mol. The van der Waals surface area contributed by atoms with E-state index in [4.69, 9.17) is 0 Å². The Labute approximate surface area is 102 Å². The van der Waals surface area contributed by atoms with Crippen LogP contribution in [0.25, 0.3) is 0 Å². The molecule has 0 unspecified atom stereocenters. The summed E-state index contributed by atoms with van der Waals surface area (Å²) in [6, 6.07) is 2.35. The lowest BCUT2D eigenvalue weighted by Crippen LogP contribution is -2.53. The van der Waals surface area contributed by atoms with Gasteiger partial charge in [-0.25, -0.2) is 0 Å². The molecule has 1 fully saturated rings. The van der Waals surface area contributed by atoms with Crippen LogP contribution in [0.3, 0.4) is 0 Å². The molecule has 88 valence electrons. The molecule has 2 nitrogen and oxygen atoms in total. The molecule has 16 heavy (non-hydrogen) atoms. The van der Waals surface area contributed by atoms with Gasteiger partial charge in [-0.15, -0.1) is 11.3 Å². The van der Waals surface area contributed by atoms with Crippen molar-refractivity contribution in [2.24, 2.45) is 0 Å². The lowest BCUT2D eigenvalue weighted by Gasteiger charge is -2.45. The number of hydrogen-bond acceptors (Lipinski definition) is 3. The molecule has 0 aromatic carbocycles. The van der Waals surface area contributed by atoms with Crippen molar-refractivity contribution in [1.29, 1.82) is 0 Å². The Morgan fingerprint density at radius 3 is 3.00 bits per heavy atom. The predicted octanol–water partition coefficient (Wildman–Crippen LogP) is 2.20. The maximum absolute atomic E-state index is 3.80. The second-order valence-corrected chi connectivity index (χ2v) is 5.95.